The lowest BCUT2D eigenvalue weighted by atomic mass is 10.1. The second kappa shape index (κ2) is 14.4. The monoisotopic (exact) mass is 474 g/mol. The van der Waals surface area contributed by atoms with E-state index in [0.717, 1.165) is 24.2 Å². The highest BCUT2D eigenvalue weighted by Gasteiger charge is 2.28. The van der Waals surface area contributed by atoms with Crippen molar-refractivity contribution in [3.8, 4) is 11.5 Å². The quantitative estimate of drug-likeness (QED) is 0.380. The summed E-state index contributed by atoms with van der Waals surface area (Å²) in [6.07, 6.45) is 3.30. The van der Waals surface area contributed by atoms with E-state index >= 15 is 0 Å². The molecule has 0 unspecified atom stereocenters. The average Bonchev–Trinajstić information content (AvgIpc) is 2.83. The van der Waals surface area contributed by atoms with Gasteiger partial charge < -0.3 is 19.7 Å². The number of carbonyl (C=O) groups is 2. The Bertz CT molecular complexity index is 856. The molecule has 6 nitrogen and oxygen atoms in total. The zero-order valence-corrected chi connectivity index (χ0v) is 20.6. The van der Waals surface area contributed by atoms with Crippen LogP contribution in [0.4, 0.5) is 0 Å². The molecule has 0 aliphatic carbocycles. The molecule has 0 saturated heterocycles. The third kappa shape index (κ3) is 8.97. The van der Waals surface area contributed by atoms with Gasteiger partial charge in [0, 0.05) is 24.5 Å². The Morgan fingerprint density at radius 2 is 1.67 bits per heavy atom. The van der Waals surface area contributed by atoms with E-state index in [1.807, 2.05) is 31.2 Å². The third-order valence-corrected chi connectivity index (χ3v) is 5.60. The van der Waals surface area contributed by atoms with Gasteiger partial charge in [0.15, 0.2) is 0 Å². The van der Waals surface area contributed by atoms with E-state index in [0.29, 0.717) is 49.7 Å². The number of benzene rings is 2. The number of unbranched alkanes of at least 4 members (excludes halogenated alkanes) is 1. The molecular formula is C26H35ClN2O4. The molecule has 1 N–H and O–H groups in total. The van der Waals surface area contributed by atoms with Crippen molar-refractivity contribution in [2.45, 2.75) is 58.5 Å². The van der Waals surface area contributed by atoms with E-state index in [4.69, 9.17) is 21.1 Å². The van der Waals surface area contributed by atoms with Crippen LogP contribution in [0.3, 0.4) is 0 Å². The lowest BCUT2D eigenvalue weighted by Crippen LogP contribution is -2.49. The number of halogens is 1. The molecule has 0 spiro atoms. The first-order valence-corrected chi connectivity index (χ1v) is 11.9. The summed E-state index contributed by atoms with van der Waals surface area (Å²) in [6, 6.07) is 14.2. The van der Waals surface area contributed by atoms with Crippen molar-refractivity contribution in [3.05, 3.63) is 59.1 Å². The molecule has 0 fully saturated rings. The Morgan fingerprint density at radius 3 is 2.27 bits per heavy atom. The number of methoxy groups -OCH3 is 1. The number of hydrogen-bond donors (Lipinski definition) is 1. The topological polar surface area (TPSA) is 67.9 Å². The summed E-state index contributed by atoms with van der Waals surface area (Å²) in [4.78, 5) is 27.8. The van der Waals surface area contributed by atoms with Crippen LogP contribution in [0, 0.1) is 0 Å². The maximum Gasteiger partial charge on any atom is 0.242 e. The average molecular weight is 475 g/mol. The highest BCUT2D eigenvalue weighted by molar-refractivity contribution is 6.30. The van der Waals surface area contributed by atoms with Crippen LogP contribution in [-0.2, 0) is 16.1 Å². The van der Waals surface area contributed by atoms with Gasteiger partial charge in [-0.3, -0.25) is 9.59 Å². The van der Waals surface area contributed by atoms with Gasteiger partial charge in [-0.15, -0.1) is 0 Å². The van der Waals surface area contributed by atoms with Gasteiger partial charge in [-0.1, -0.05) is 44.0 Å². The van der Waals surface area contributed by atoms with Crippen molar-refractivity contribution in [3.63, 3.8) is 0 Å². The molecule has 7 heteroatoms. The Hall–Kier alpha value is -2.73. The molecule has 0 saturated carbocycles. The SMILES string of the molecule is CCCCNC(=O)[C@@H](CC)N(Cc1ccc(OC)cc1)C(=O)CCCOc1ccc(Cl)cc1. The van der Waals surface area contributed by atoms with Gasteiger partial charge in [0.05, 0.1) is 13.7 Å². The molecular weight excluding hydrogens is 440 g/mol. The van der Waals surface area contributed by atoms with Crippen molar-refractivity contribution in [1.29, 1.82) is 0 Å². The van der Waals surface area contributed by atoms with Gasteiger partial charge in [0.25, 0.3) is 0 Å². The van der Waals surface area contributed by atoms with E-state index in [2.05, 4.69) is 12.2 Å². The summed E-state index contributed by atoms with van der Waals surface area (Å²) in [7, 11) is 1.62. The number of amides is 2. The smallest absolute Gasteiger partial charge is 0.242 e. The molecule has 0 aliphatic rings. The van der Waals surface area contributed by atoms with E-state index < -0.39 is 6.04 Å². The van der Waals surface area contributed by atoms with Gasteiger partial charge in [-0.25, -0.2) is 0 Å². The zero-order valence-electron chi connectivity index (χ0n) is 19.8. The largest absolute Gasteiger partial charge is 0.497 e. The fraction of sp³-hybridized carbons (Fsp3) is 0.462. The van der Waals surface area contributed by atoms with Crippen LogP contribution in [0.5, 0.6) is 11.5 Å². The highest BCUT2D eigenvalue weighted by Crippen LogP contribution is 2.18. The predicted octanol–water partition coefficient (Wildman–Crippen LogP) is 5.23. The summed E-state index contributed by atoms with van der Waals surface area (Å²) in [5.41, 5.74) is 0.946. The lowest BCUT2D eigenvalue weighted by molar-refractivity contribution is -0.141. The van der Waals surface area contributed by atoms with Crippen molar-refractivity contribution >= 4 is 23.4 Å². The number of ether oxygens (including phenoxy) is 2. The summed E-state index contributed by atoms with van der Waals surface area (Å²) in [5.74, 6) is 1.29. The van der Waals surface area contributed by atoms with E-state index in [-0.39, 0.29) is 11.8 Å². The second-order valence-electron chi connectivity index (χ2n) is 7.84. The van der Waals surface area contributed by atoms with Crippen LogP contribution in [-0.4, -0.2) is 43.0 Å². The maximum atomic E-state index is 13.2. The Labute approximate surface area is 202 Å². The molecule has 0 heterocycles. The van der Waals surface area contributed by atoms with E-state index in [1.165, 1.54) is 0 Å². The number of carbonyl (C=O) groups excluding carboxylic acids is 2. The zero-order chi connectivity index (χ0) is 24.1. The van der Waals surface area contributed by atoms with Crippen LogP contribution in [0.25, 0.3) is 0 Å². The van der Waals surface area contributed by atoms with Crippen LogP contribution in [0.15, 0.2) is 48.5 Å². The molecule has 0 bridgehead atoms. The lowest BCUT2D eigenvalue weighted by Gasteiger charge is -2.31. The molecule has 180 valence electrons. The first-order chi connectivity index (χ1) is 16.0. The summed E-state index contributed by atoms with van der Waals surface area (Å²) < 4.78 is 10.9. The minimum absolute atomic E-state index is 0.0667. The minimum Gasteiger partial charge on any atom is -0.497 e. The molecule has 2 aromatic carbocycles. The van der Waals surface area contributed by atoms with E-state index in [1.54, 1.807) is 36.3 Å². The van der Waals surface area contributed by atoms with Crippen molar-refractivity contribution in [2.75, 3.05) is 20.3 Å². The van der Waals surface area contributed by atoms with Crippen molar-refractivity contribution < 1.29 is 19.1 Å². The Balaban J connectivity index is 2.03. The summed E-state index contributed by atoms with van der Waals surface area (Å²) >= 11 is 5.90. The van der Waals surface area contributed by atoms with Crippen LogP contribution < -0.4 is 14.8 Å². The third-order valence-electron chi connectivity index (χ3n) is 5.34. The Kier molecular flexibility index (Phi) is 11.6. The second-order valence-corrected chi connectivity index (χ2v) is 8.28. The number of nitrogens with one attached hydrogen (secondary N) is 1. The highest BCUT2D eigenvalue weighted by atomic mass is 35.5. The number of rotatable bonds is 14. The molecule has 0 aliphatic heterocycles. The van der Waals surface area contributed by atoms with Crippen LogP contribution >= 0.6 is 11.6 Å². The minimum atomic E-state index is -0.520. The van der Waals surface area contributed by atoms with Crippen LogP contribution in [0.1, 0.15) is 51.5 Å². The summed E-state index contributed by atoms with van der Waals surface area (Å²) in [5, 5.41) is 3.63. The van der Waals surface area contributed by atoms with Gasteiger partial charge in [0.2, 0.25) is 11.8 Å². The summed E-state index contributed by atoms with van der Waals surface area (Å²) in [6.45, 7) is 5.40. The maximum absolute atomic E-state index is 13.2. The molecule has 0 radical (unpaired) electrons. The van der Waals surface area contributed by atoms with Gasteiger partial charge >= 0.3 is 0 Å². The normalized spacial score (nSPS) is 11.5. The number of hydrogen-bond acceptors (Lipinski definition) is 4. The molecule has 1 atom stereocenters. The van der Waals surface area contributed by atoms with Crippen molar-refractivity contribution in [1.82, 2.24) is 10.2 Å². The fourth-order valence-electron chi connectivity index (χ4n) is 3.44. The molecule has 2 rings (SSSR count). The van der Waals surface area contributed by atoms with Crippen molar-refractivity contribution in [2.24, 2.45) is 0 Å². The first kappa shape index (κ1) is 26.5. The van der Waals surface area contributed by atoms with Gasteiger partial charge in [0.1, 0.15) is 17.5 Å². The van der Waals surface area contributed by atoms with Gasteiger partial charge in [-0.2, -0.15) is 0 Å². The first-order valence-electron chi connectivity index (χ1n) is 11.6. The molecule has 2 amide bonds. The standard InChI is InChI=1S/C26H35ClN2O4/c1-4-6-17-28-26(31)24(5-2)29(19-20-9-13-22(32-3)14-10-20)25(30)8-7-18-33-23-15-11-21(27)12-16-23/h9-16,24H,4-8,17-19H2,1-3H3,(H,28,31)/t24-/m1/s1. The fourth-order valence-corrected chi connectivity index (χ4v) is 3.57. The molecule has 2 aromatic rings. The van der Waals surface area contributed by atoms with Gasteiger partial charge in [-0.05, 0) is 61.2 Å². The predicted molar refractivity (Wildman–Crippen MR) is 132 cm³/mol. The van der Waals surface area contributed by atoms with Crippen LogP contribution in [0.2, 0.25) is 5.02 Å². The number of nitrogens with zero attached hydrogens (tertiary/aromatic N) is 1. The molecule has 0 aromatic heterocycles. The van der Waals surface area contributed by atoms with E-state index in [9.17, 15) is 9.59 Å². The Morgan fingerprint density at radius 1 is 1.00 bits per heavy atom. The molecule has 33 heavy (non-hydrogen) atoms.